The monoisotopic (exact) mass is 414 g/mol. The Morgan fingerprint density at radius 1 is 1.31 bits per heavy atom. The van der Waals surface area contributed by atoms with Crippen LogP contribution in [0.3, 0.4) is 0 Å². The third-order valence-corrected chi connectivity index (χ3v) is 6.01. The van der Waals surface area contributed by atoms with Crippen LogP contribution in [-0.2, 0) is 9.53 Å². The first-order valence-corrected chi connectivity index (χ1v) is 10.0. The number of carbonyl (C=O) groups is 2. The van der Waals surface area contributed by atoms with E-state index in [0.29, 0.717) is 11.5 Å². The summed E-state index contributed by atoms with van der Waals surface area (Å²) in [6, 6.07) is 8.20. The van der Waals surface area contributed by atoms with Crippen molar-refractivity contribution in [3.8, 4) is 0 Å². The number of para-hydroxylation sites is 1. The van der Waals surface area contributed by atoms with Crippen LogP contribution in [0.1, 0.15) is 34.1 Å². The molecule has 1 aromatic carbocycles. The number of nitrogens with zero attached hydrogens (tertiary/aromatic N) is 2. The number of aliphatic hydroxyl groups is 1. The number of benzene rings is 1. The normalized spacial score (nSPS) is 21.8. The Labute approximate surface area is 170 Å². The number of rotatable bonds is 6. The second kappa shape index (κ2) is 7.76. The zero-order valence-corrected chi connectivity index (χ0v) is 16.1. The molecule has 0 aliphatic carbocycles. The third kappa shape index (κ3) is 3.43. The highest BCUT2D eigenvalue weighted by Gasteiger charge is 2.47. The topological polar surface area (TPSA) is 110 Å². The van der Waals surface area contributed by atoms with Gasteiger partial charge in [0.25, 0.3) is 11.6 Å². The average Bonchev–Trinajstić information content (AvgIpc) is 3.46. The van der Waals surface area contributed by atoms with Crippen molar-refractivity contribution < 1.29 is 24.4 Å². The SMILES string of the molecule is O=C(C1=C(O)C(=O)N(C[C@H]2CCCO2)[C@H]1c1ccccc1[N+](=O)[O-])c1cccs1. The molecule has 8 nitrogen and oxygen atoms in total. The minimum absolute atomic E-state index is 0.134. The van der Waals surface area contributed by atoms with Gasteiger partial charge in [0.05, 0.1) is 33.1 Å². The molecule has 2 aliphatic heterocycles. The molecular weight excluding hydrogens is 396 g/mol. The van der Waals surface area contributed by atoms with Gasteiger partial charge in [-0.3, -0.25) is 19.7 Å². The van der Waals surface area contributed by atoms with Gasteiger partial charge in [-0.05, 0) is 30.4 Å². The fourth-order valence-electron chi connectivity index (χ4n) is 3.83. The Morgan fingerprint density at radius 2 is 2.10 bits per heavy atom. The van der Waals surface area contributed by atoms with Gasteiger partial charge >= 0.3 is 0 Å². The minimum Gasteiger partial charge on any atom is -0.503 e. The first kappa shape index (κ1) is 19.3. The fraction of sp³-hybridized carbons (Fsp3) is 0.300. The lowest BCUT2D eigenvalue weighted by Gasteiger charge is -2.28. The van der Waals surface area contributed by atoms with Gasteiger partial charge in [-0.2, -0.15) is 0 Å². The van der Waals surface area contributed by atoms with Gasteiger partial charge in [0, 0.05) is 19.2 Å². The maximum atomic E-state index is 13.1. The molecule has 0 unspecified atom stereocenters. The number of hydrogen-bond acceptors (Lipinski definition) is 7. The quantitative estimate of drug-likeness (QED) is 0.441. The Morgan fingerprint density at radius 3 is 2.76 bits per heavy atom. The van der Waals surface area contributed by atoms with Crippen LogP contribution < -0.4 is 0 Å². The summed E-state index contributed by atoms with van der Waals surface area (Å²) in [6.45, 7) is 0.712. The number of thiophene rings is 1. The van der Waals surface area contributed by atoms with E-state index in [9.17, 15) is 24.8 Å². The number of ether oxygens (including phenoxy) is 1. The van der Waals surface area contributed by atoms with Crippen molar-refractivity contribution >= 4 is 28.7 Å². The second-order valence-electron chi connectivity index (χ2n) is 6.88. The molecule has 4 rings (SSSR count). The number of ketones is 1. The minimum atomic E-state index is -1.05. The standard InChI is InChI=1S/C20H18N2O6S/c23-18(15-8-4-10-29-15)16-17(13-6-1-2-7-14(13)22(26)27)21(20(25)19(16)24)11-12-5-3-9-28-12/h1-2,4,6-8,10,12,17,24H,3,5,9,11H2/t12-,17+/m1/s1. The van der Waals surface area contributed by atoms with Crippen molar-refractivity contribution in [2.45, 2.75) is 25.0 Å². The number of hydrogen-bond donors (Lipinski definition) is 1. The van der Waals surface area contributed by atoms with Crippen LogP contribution in [0.5, 0.6) is 0 Å². The number of amides is 1. The molecule has 1 saturated heterocycles. The molecule has 2 aromatic rings. The van der Waals surface area contributed by atoms with Crippen LogP contribution in [-0.4, -0.2) is 45.9 Å². The molecule has 3 heterocycles. The zero-order valence-electron chi connectivity index (χ0n) is 15.3. The van der Waals surface area contributed by atoms with Crippen LogP contribution in [0, 0.1) is 10.1 Å². The number of Topliss-reactive ketones (excluding diaryl/α,β-unsaturated/α-hetero) is 1. The van der Waals surface area contributed by atoms with Crippen LogP contribution in [0.2, 0.25) is 0 Å². The molecule has 29 heavy (non-hydrogen) atoms. The highest BCUT2D eigenvalue weighted by molar-refractivity contribution is 7.12. The summed E-state index contributed by atoms with van der Waals surface area (Å²) in [7, 11) is 0. The van der Waals surface area contributed by atoms with E-state index in [0.717, 1.165) is 12.8 Å². The van der Waals surface area contributed by atoms with Crippen molar-refractivity contribution in [2.24, 2.45) is 0 Å². The number of nitro groups is 1. The van der Waals surface area contributed by atoms with Gasteiger partial charge in [0.2, 0.25) is 5.78 Å². The lowest BCUT2D eigenvalue weighted by molar-refractivity contribution is -0.385. The van der Waals surface area contributed by atoms with E-state index in [-0.39, 0.29) is 29.5 Å². The molecule has 1 aromatic heterocycles. The van der Waals surface area contributed by atoms with Gasteiger partial charge in [-0.15, -0.1) is 11.3 Å². The third-order valence-electron chi connectivity index (χ3n) is 5.15. The van der Waals surface area contributed by atoms with Gasteiger partial charge in [0.1, 0.15) is 0 Å². The molecular formula is C20H18N2O6S. The molecule has 0 saturated carbocycles. The average molecular weight is 414 g/mol. The van der Waals surface area contributed by atoms with Crippen LogP contribution in [0.15, 0.2) is 53.1 Å². The maximum Gasteiger partial charge on any atom is 0.290 e. The summed E-state index contributed by atoms with van der Waals surface area (Å²) in [5.41, 5.74) is -0.161. The van der Waals surface area contributed by atoms with Gasteiger partial charge in [-0.25, -0.2) is 0 Å². The molecule has 2 atom stereocenters. The smallest absolute Gasteiger partial charge is 0.290 e. The first-order chi connectivity index (χ1) is 14.0. The second-order valence-corrected chi connectivity index (χ2v) is 7.83. The van der Waals surface area contributed by atoms with Crippen molar-refractivity contribution in [1.29, 1.82) is 0 Å². The predicted molar refractivity (Wildman–Crippen MR) is 105 cm³/mol. The van der Waals surface area contributed by atoms with E-state index in [4.69, 9.17) is 4.74 Å². The molecule has 9 heteroatoms. The highest BCUT2D eigenvalue weighted by Crippen LogP contribution is 2.43. The predicted octanol–water partition coefficient (Wildman–Crippen LogP) is 3.41. The van der Waals surface area contributed by atoms with E-state index in [2.05, 4.69) is 0 Å². The Bertz CT molecular complexity index is 994. The summed E-state index contributed by atoms with van der Waals surface area (Å²) >= 11 is 1.18. The van der Waals surface area contributed by atoms with Crippen molar-refractivity contribution in [3.63, 3.8) is 0 Å². The van der Waals surface area contributed by atoms with E-state index >= 15 is 0 Å². The number of nitro benzene ring substituents is 1. The number of aliphatic hydroxyl groups excluding tert-OH is 1. The maximum absolute atomic E-state index is 13.1. The summed E-state index contributed by atoms with van der Waals surface area (Å²) in [6.07, 6.45) is 1.35. The Balaban J connectivity index is 1.83. The largest absolute Gasteiger partial charge is 0.503 e. The summed E-state index contributed by atoms with van der Waals surface area (Å²) in [5.74, 6) is -1.89. The van der Waals surface area contributed by atoms with E-state index in [1.54, 1.807) is 23.6 Å². The van der Waals surface area contributed by atoms with Crippen molar-refractivity contribution in [3.05, 3.63) is 73.7 Å². The van der Waals surface area contributed by atoms with Crippen molar-refractivity contribution in [1.82, 2.24) is 4.90 Å². The van der Waals surface area contributed by atoms with Crippen LogP contribution >= 0.6 is 11.3 Å². The fourth-order valence-corrected chi connectivity index (χ4v) is 4.51. The molecule has 150 valence electrons. The molecule has 0 spiro atoms. The molecule has 1 amide bonds. The molecule has 0 bridgehead atoms. The Kier molecular flexibility index (Phi) is 5.16. The number of carbonyl (C=O) groups excluding carboxylic acids is 2. The lowest BCUT2D eigenvalue weighted by atomic mass is 9.94. The lowest BCUT2D eigenvalue weighted by Crippen LogP contribution is -2.37. The van der Waals surface area contributed by atoms with E-state index in [1.807, 2.05) is 0 Å². The van der Waals surface area contributed by atoms with Gasteiger partial charge in [-0.1, -0.05) is 18.2 Å². The first-order valence-electron chi connectivity index (χ1n) is 9.16. The summed E-state index contributed by atoms with van der Waals surface area (Å²) in [5, 5.41) is 23.9. The molecule has 1 fully saturated rings. The summed E-state index contributed by atoms with van der Waals surface area (Å²) < 4.78 is 5.62. The van der Waals surface area contributed by atoms with Crippen molar-refractivity contribution in [2.75, 3.05) is 13.2 Å². The van der Waals surface area contributed by atoms with Gasteiger partial charge < -0.3 is 14.7 Å². The van der Waals surface area contributed by atoms with E-state index in [1.165, 1.54) is 34.4 Å². The molecule has 2 aliphatic rings. The Hall–Kier alpha value is -3.04. The van der Waals surface area contributed by atoms with Gasteiger partial charge in [0.15, 0.2) is 5.76 Å². The molecule has 0 radical (unpaired) electrons. The zero-order chi connectivity index (χ0) is 20.5. The highest BCUT2D eigenvalue weighted by atomic mass is 32.1. The van der Waals surface area contributed by atoms with Crippen LogP contribution in [0.25, 0.3) is 0 Å². The van der Waals surface area contributed by atoms with Crippen LogP contribution in [0.4, 0.5) is 5.69 Å². The van der Waals surface area contributed by atoms with E-state index < -0.39 is 28.4 Å². The summed E-state index contributed by atoms with van der Waals surface area (Å²) in [4.78, 5) is 38.7. The molecule has 1 N–H and O–H groups in total.